The van der Waals surface area contributed by atoms with Crippen molar-refractivity contribution in [1.82, 2.24) is 25.1 Å². The SMILES string of the molecule is COc1ccc(C(N)c2nc(-c3cnccn3)n[nH]2)cc1OC. The Morgan fingerprint density at radius 1 is 1.13 bits per heavy atom. The average Bonchev–Trinajstić information content (AvgIpc) is 3.11. The molecular weight excluding hydrogens is 296 g/mol. The minimum absolute atomic E-state index is 0.448. The molecule has 8 heteroatoms. The van der Waals surface area contributed by atoms with Crippen LogP contribution in [0.2, 0.25) is 0 Å². The summed E-state index contributed by atoms with van der Waals surface area (Å²) in [4.78, 5) is 12.5. The predicted molar refractivity (Wildman–Crippen MR) is 83.0 cm³/mol. The third kappa shape index (κ3) is 2.97. The molecule has 0 bridgehead atoms. The van der Waals surface area contributed by atoms with Crippen molar-refractivity contribution in [3.63, 3.8) is 0 Å². The van der Waals surface area contributed by atoms with Gasteiger partial charge in [-0.15, -0.1) is 0 Å². The third-order valence-corrected chi connectivity index (χ3v) is 3.36. The largest absolute Gasteiger partial charge is 0.493 e. The summed E-state index contributed by atoms with van der Waals surface area (Å²) in [7, 11) is 3.16. The van der Waals surface area contributed by atoms with E-state index in [4.69, 9.17) is 15.2 Å². The van der Waals surface area contributed by atoms with E-state index in [0.717, 1.165) is 5.56 Å². The Labute approximate surface area is 132 Å². The fourth-order valence-electron chi connectivity index (χ4n) is 2.15. The molecule has 3 aromatic rings. The number of nitrogens with two attached hydrogens (primary N) is 1. The third-order valence-electron chi connectivity index (χ3n) is 3.36. The van der Waals surface area contributed by atoms with Gasteiger partial charge in [-0.1, -0.05) is 6.07 Å². The van der Waals surface area contributed by atoms with E-state index in [1.54, 1.807) is 38.9 Å². The molecule has 1 atom stereocenters. The number of ether oxygens (including phenoxy) is 2. The van der Waals surface area contributed by atoms with Crippen molar-refractivity contribution in [3.05, 3.63) is 48.2 Å². The summed E-state index contributed by atoms with van der Waals surface area (Å²) in [6, 6.07) is 4.99. The molecule has 23 heavy (non-hydrogen) atoms. The van der Waals surface area contributed by atoms with Crippen molar-refractivity contribution >= 4 is 0 Å². The number of aromatic amines is 1. The van der Waals surface area contributed by atoms with E-state index < -0.39 is 6.04 Å². The quantitative estimate of drug-likeness (QED) is 0.730. The molecule has 0 aliphatic carbocycles. The van der Waals surface area contributed by atoms with E-state index in [1.807, 2.05) is 12.1 Å². The Balaban J connectivity index is 1.89. The van der Waals surface area contributed by atoms with E-state index in [9.17, 15) is 0 Å². The molecule has 8 nitrogen and oxygen atoms in total. The number of H-pyrrole nitrogens is 1. The van der Waals surface area contributed by atoms with Gasteiger partial charge in [0, 0.05) is 12.4 Å². The van der Waals surface area contributed by atoms with Crippen LogP contribution in [0.4, 0.5) is 0 Å². The van der Waals surface area contributed by atoms with Crippen LogP contribution in [0, 0.1) is 0 Å². The number of nitrogens with zero attached hydrogens (tertiary/aromatic N) is 4. The summed E-state index contributed by atoms with van der Waals surface area (Å²) in [5.74, 6) is 2.22. The van der Waals surface area contributed by atoms with Crippen molar-refractivity contribution in [3.8, 4) is 23.0 Å². The molecule has 1 unspecified atom stereocenters. The van der Waals surface area contributed by atoms with E-state index in [2.05, 4.69) is 25.1 Å². The number of rotatable bonds is 5. The Bertz CT molecular complexity index is 790. The molecule has 0 aliphatic heterocycles. The Kier molecular flexibility index (Phi) is 4.15. The van der Waals surface area contributed by atoms with Crippen LogP contribution in [0.5, 0.6) is 11.5 Å². The summed E-state index contributed by atoms with van der Waals surface area (Å²) in [5, 5.41) is 6.98. The van der Waals surface area contributed by atoms with Crippen LogP contribution in [0.3, 0.4) is 0 Å². The van der Waals surface area contributed by atoms with Gasteiger partial charge in [0.2, 0.25) is 5.82 Å². The van der Waals surface area contributed by atoms with Crippen molar-refractivity contribution in [2.75, 3.05) is 14.2 Å². The number of aromatic nitrogens is 5. The number of benzene rings is 1. The number of hydrogen-bond acceptors (Lipinski definition) is 7. The second kappa shape index (κ2) is 6.41. The zero-order valence-corrected chi connectivity index (χ0v) is 12.7. The Morgan fingerprint density at radius 2 is 1.96 bits per heavy atom. The van der Waals surface area contributed by atoms with Crippen molar-refractivity contribution in [2.45, 2.75) is 6.04 Å². The zero-order chi connectivity index (χ0) is 16.2. The first kappa shape index (κ1) is 14.9. The number of methoxy groups -OCH3 is 2. The van der Waals surface area contributed by atoms with E-state index in [-0.39, 0.29) is 0 Å². The molecule has 3 rings (SSSR count). The van der Waals surface area contributed by atoms with Crippen LogP contribution >= 0.6 is 0 Å². The maximum atomic E-state index is 6.26. The summed E-state index contributed by atoms with van der Waals surface area (Å²) < 4.78 is 10.5. The first-order valence-corrected chi connectivity index (χ1v) is 6.89. The number of nitrogens with one attached hydrogen (secondary N) is 1. The monoisotopic (exact) mass is 312 g/mol. The lowest BCUT2D eigenvalue weighted by atomic mass is 10.1. The van der Waals surface area contributed by atoms with Gasteiger partial charge in [-0.2, -0.15) is 5.10 Å². The smallest absolute Gasteiger partial charge is 0.201 e. The minimum Gasteiger partial charge on any atom is -0.493 e. The molecule has 0 saturated carbocycles. The predicted octanol–water partition coefficient (Wildman–Crippen LogP) is 1.33. The molecule has 0 spiro atoms. The Morgan fingerprint density at radius 3 is 2.65 bits per heavy atom. The van der Waals surface area contributed by atoms with Gasteiger partial charge in [0.15, 0.2) is 11.5 Å². The van der Waals surface area contributed by atoms with E-state index in [1.165, 1.54) is 0 Å². The molecule has 2 heterocycles. The van der Waals surface area contributed by atoms with Gasteiger partial charge < -0.3 is 15.2 Å². The van der Waals surface area contributed by atoms with Crippen LogP contribution in [0.15, 0.2) is 36.8 Å². The summed E-state index contributed by atoms with van der Waals surface area (Å²) in [6.45, 7) is 0. The van der Waals surface area contributed by atoms with Gasteiger partial charge >= 0.3 is 0 Å². The number of hydrogen-bond donors (Lipinski definition) is 2. The topological polar surface area (TPSA) is 112 Å². The minimum atomic E-state index is -0.479. The lowest BCUT2D eigenvalue weighted by molar-refractivity contribution is 0.354. The second-order valence-electron chi connectivity index (χ2n) is 4.73. The fraction of sp³-hybridized carbons (Fsp3) is 0.200. The molecule has 0 amide bonds. The highest BCUT2D eigenvalue weighted by molar-refractivity contribution is 5.47. The maximum Gasteiger partial charge on any atom is 0.201 e. The van der Waals surface area contributed by atoms with Crippen LogP contribution in [0.25, 0.3) is 11.5 Å². The average molecular weight is 312 g/mol. The van der Waals surface area contributed by atoms with Gasteiger partial charge in [0.25, 0.3) is 0 Å². The summed E-state index contributed by atoms with van der Waals surface area (Å²) in [5.41, 5.74) is 7.66. The van der Waals surface area contributed by atoms with Gasteiger partial charge in [0.05, 0.1) is 26.5 Å². The van der Waals surface area contributed by atoms with Gasteiger partial charge in [-0.05, 0) is 17.7 Å². The molecule has 118 valence electrons. The molecule has 0 saturated heterocycles. The molecule has 2 aromatic heterocycles. The molecular formula is C15H16N6O2. The zero-order valence-electron chi connectivity index (χ0n) is 12.7. The van der Waals surface area contributed by atoms with Crippen molar-refractivity contribution in [2.24, 2.45) is 5.73 Å². The normalized spacial score (nSPS) is 12.0. The molecule has 3 N–H and O–H groups in total. The summed E-state index contributed by atoms with van der Waals surface area (Å²) >= 11 is 0. The van der Waals surface area contributed by atoms with Crippen molar-refractivity contribution in [1.29, 1.82) is 0 Å². The van der Waals surface area contributed by atoms with Gasteiger partial charge in [-0.25, -0.2) is 9.97 Å². The van der Waals surface area contributed by atoms with Gasteiger partial charge in [-0.3, -0.25) is 10.1 Å². The fourth-order valence-corrected chi connectivity index (χ4v) is 2.15. The van der Waals surface area contributed by atoms with E-state index in [0.29, 0.717) is 28.8 Å². The molecule has 0 aliphatic rings. The molecule has 0 fully saturated rings. The highest BCUT2D eigenvalue weighted by Gasteiger charge is 2.17. The van der Waals surface area contributed by atoms with Crippen LogP contribution in [-0.4, -0.2) is 39.4 Å². The first-order chi connectivity index (χ1) is 11.2. The highest BCUT2D eigenvalue weighted by atomic mass is 16.5. The lowest BCUT2D eigenvalue weighted by Gasteiger charge is -2.12. The molecule has 0 radical (unpaired) electrons. The van der Waals surface area contributed by atoms with Crippen molar-refractivity contribution < 1.29 is 9.47 Å². The second-order valence-corrected chi connectivity index (χ2v) is 4.73. The van der Waals surface area contributed by atoms with Gasteiger partial charge in [0.1, 0.15) is 11.5 Å². The van der Waals surface area contributed by atoms with Crippen LogP contribution in [-0.2, 0) is 0 Å². The van der Waals surface area contributed by atoms with E-state index >= 15 is 0 Å². The maximum absolute atomic E-state index is 6.26. The van der Waals surface area contributed by atoms with Crippen LogP contribution < -0.4 is 15.2 Å². The summed E-state index contributed by atoms with van der Waals surface area (Å²) in [6.07, 6.45) is 4.76. The van der Waals surface area contributed by atoms with Crippen LogP contribution in [0.1, 0.15) is 17.4 Å². The highest BCUT2D eigenvalue weighted by Crippen LogP contribution is 2.30. The lowest BCUT2D eigenvalue weighted by Crippen LogP contribution is -2.14. The standard InChI is InChI=1S/C15H16N6O2/c1-22-11-4-3-9(7-12(11)23-2)13(16)15-19-14(20-21-15)10-8-17-5-6-18-10/h3-8,13H,16H2,1-2H3,(H,19,20,21). The molecule has 1 aromatic carbocycles. The first-order valence-electron chi connectivity index (χ1n) is 6.89. The Hall–Kier alpha value is -3.00.